The molecule has 2 aliphatic rings. The van der Waals surface area contributed by atoms with Crippen LogP contribution < -0.4 is 0 Å². The van der Waals surface area contributed by atoms with Gasteiger partial charge in [0.2, 0.25) is 0 Å². The summed E-state index contributed by atoms with van der Waals surface area (Å²) in [6.07, 6.45) is 2.80. The second kappa shape index (κ2) is 7.06. The van der Waals surface area contributed by atoms with Gasteiger partial charge in [-0.2, -0.15) is 0 Å². The summed E-state index contributed by atoms with van der Waals surface area (Å²) < 4.78 is 5.85. The Hall–Kier alpha value is -2.65. The summed E-state index contributed by atoms with van der Waals surface area (Å²) in [4.78, 5) is 14.4. The summed E-state index contributed by atoms with van der Waals surface area (Å²) in [7, 11) is 0. The Kier molecular flexibility index (Phi) is 4.40. The number of carbonyl (C=O) groups is 1. The van der Waals surface area contributed by atoms with Gasteiger partial charge in [-0.25, -0.2) is 0 Å². The molecule has 5 rings (SSSR count). The molecule has 3 nitrogen and oxygen atoms in total. The fourth-order valence-corrected chi connectivity index (χ4v) is 5.02. The first kappa shape index (κ1) is 17.4. The minimum Gasteiger partial charge on any atom is -0.458 e. The molecule has 0 N–H and O–H groups in total. The molecule has 142 valence electrons. The van der Waals surface area contributed by atoms with Crippen molar-refractivity contribution in [2.24, 2.45) is 0 Å². The van der Waals surface area contributed by atoms with Crippen LogP contribution >= 0.6 is 0 Å². The van der Waals surface area contributed by atoms with Gasteiger partial charge in [-0.3, -0.25) is 9.69 Å². The van der Waals surface area contributed by atoms with E-state index in [0.717, 1.165) is 32.4 Å². The molecule has 28 heavy (non-hydrogen) atoms. The van der Waals surface area contributed by atoms with E-state index in [1.54, 1.807) is 0 Å². The SMILES string of the molecule is CC(=O)OC1CC(N2CCc3ccccc3C2)Cc2ccc3ccccc3c21. The highest BCUT2D eigenvalue weighted by molar-refractivity contribution is 5.87. The van der Waals surface area contributed by atoms with Crippen LogP contribution in [0, 0.1) is 0 Å². The van der Waals surface area contributed by atoms with Crippen LogP contribution in [0.3, 0.4) is 0 Å². The minimum atomic E-state index is -0.200. The Labute approximate surface area is 165 Å². The molecule has 0 bridgehead atoms. The first-order valence-electron chi connectivity index (χ1n) is 10.2. The number of carbonyl (C=O) groups excluding carboxylic acids is 1. The number of rotatable bonds is 2. The van der Waals surface area contributed by atoms with Crippen LogP contribution in [-0.2, 0) is 28.9 Å². The number of hydrogen-bond acceptors (Lipinski definition) is 3. The molecule has 2 atom stereocenters. The highest BCUT2D eigenvalue weighted by Crippen LogP contribution is 2.40. The van der Waals surface area contributed by atoms with Crippen LogP contribution in [-0.4, -0.2) is 23.5 Å². The van der Waals surface area contributed by atoms with Crippen LogP contribution in [0.25, 0.3) is 10.8 Å². The number of hydrogen-bond donors (Lipinski definition) is 0. The lowest BCUT2D eigenvalue weighted by molar-refractivity contribution is -0.148. The molecular formula is C25H25NO2. The maximum atomic E-state index is 11.9. The average Bonchev–Trinajstić information content (AvgIpc) is 2.72. The van der Waals surface area contributed by atoms with Crippen molar-refractivity contribution in [3.8, 4) is 0 Å². The molecule has 0 saturated carbocycles. The van der Waals surface area contributed by atoms with Crippen molar-refractivity contribution in [1.29, 1.82) is 0 Å². The summed E-state index contributed by atoms with van der Waals surface area (Å²) in [6.45, 7) is 3.57. The first-order chi connectivity index (χ1) is 13.7. The van der Waals surface area contributed by atoms with Gasteiger partial charge in [-0.15, -0.1) is 0 Å². The van der Waals surface area contributed by atoms with E-state index in [9.17, 15) is 4.79 Å². The Balaban J connectivity index is 1.50. The standard InChI is InChI=1S/C25H25NO2/c1-17(27)28-24-15-22(26-13-12-18-6-2-3-8-21(18)16-26)14-20-11-10-19-7-4-5-9-23(19)25(20)24/h2-11,22,24H,12-16H2,1H3. The number of nitrogens with zero attached hydrogens (tertiary/aromatic N) is 1. The number of benzene rings is 3. The van der Waals surface area contributed by atoms with Gasteiger partial charge in [-0.05, 0) is 40.3 Å². The molecule has 0 spiro atoms. The van der Waals surface area contributed by atoms with E-state index in [1.807, 2.05) is 0 Å². The zero-order valence-electron chi connectivity index (χ0n) is 16.2. The maximum absolute atomic E-state index is 11.9. The third-order valence-corrected chi connectivity index (χ3v) is 6.31. The third kappa shape index (κ3) is 3.10. The molecule has 0 aromatic heterocycles. The summed E-state index contributed by atoms with van der Waals surface area (Å²) >= 11 is 0. The van der Waals surface area contributed by atoms with Crippen molar-refractivity contribution in [3.63, 3.8) is 0 Å². The molecule has 1 aliphatic carbocycles. The highest BCUT2D eigenvalue weighted by Gasteiger charge is 2.34. The molecule has 3 heteroatoms. The minimum absolute atomic E-state index is 0.172. The normalized spacial score (nSPS) is 21.8. The van der Waals surface area contributed by atoms with E-state index in [-0.39, 0.29) is 12.1 Å². The maximum Gasteiger partial charge on any atom is 0.303 e. The Morgan fingerprint density at radius 1 is 0.964 bits per heavy atom. The van der Waals surface area contributed by atoms with Gasteiger partial charge >= 0.3 is 5.97 Å². The van der Waals surface area contributed by atoms with Crippen molar-refractivity contribution in [1.82, 2.24) is 4.90 Å². The lowest BCUT2D eigenvalue weighted by Gasteiger charge is -2.40. The summed E-state index contributed by atoms with van der Waals surface area (Å²) in [5.74, 6) is -0.200. The van der Waals surface area contributed by atoms with E-state index >= 15 is 0 Å². The molecule has 0 saturated heterocycles. The molecular weight excluding hydrogens is 346 g/mol. The van der Waals surface area contributed by atoms with E-state index in [1.165, 1.54) is 39.9 Å². The molecule has 0 amide bonds. The van der Waals surface area contributed by atoms with Gasteiger partial charge in [0.25, 0.3) is 0 Å². The fraction of sp³-hybridized carbons (Fsp3) is 0.320. The lowest BCUT2D eigenvalue weighted by Crippen LogP contribution is -2.43. The van der Waals surface area contributed by atoms with Gasteiger partial charge in [0.1, 0.15) is 6.10 Å². The largest absolute Gasteiger partial charge is 0.458 e. The first-order valence-corrected chi connectivity index (χ1v) is 10.2. The number of fused-ring (bicyclic) bond motifs is 4. The van der Waals surface area contributed by atoms with Gasteiger partial charge < -0.3 is 4.74 Å². The highest BCUT2D eigenvalue weighted by atomic mass is 16.5. The van der Waals surface area contributed by atoms with Crippen LogP contribution in [0.5, 0.6) is 0 Å². The topological polar surface area (TPSA) is 29.5 Å². The molecule has 3 aromatic carbocycles. The van der Waals surface area contributed by atoms with Gasteiger partial charge in [0.15, 0.2) is 0 Å². The number of esters is 1. The van der Waals surface area contributed by atoms with E-state index in [0.29, 0.717) is 6.04 Å². The van der Waals surface area contributed by atoms with Crippen molar-refractivity contribution in [3.05, 3.63) is 82.9 Å². The van der Waals surface area contributed by atoms with Crippen LogP contribution in [0.2, 0.25) is 0 Å². The van der Waals surface area contributed by atoms with E-state index in [2.05, 4.69) is 65.6 Å². The second-order valence-electron chi connectivity index (χ2n) is 8.04. The van der Waals surface area contributed by atoms with Crippen LogP contribution in [0.15, 0.2) is 60.7 Å². The van der Waals surface area contributed by atoms with Crippen molar-refractivity contribution >= 4 is 16.7 Å². The summed E-state index contributed by atoms with van der Waals surface area (Å²) in [5.41, 5.74) is 5.43. The lowest BCUT2D eigenvalue weighted by atomic mass is 9.81. The van der Waals surface area contributed by atoms with Crippen LogP contribution in [0.1, 0.15) is 41.7 Å². The Bertz CT molecular complexity index is 1040. The predicted molar refractivity (Wildman–Crippen MR) is 111 cm³/mol. The molecule has 0 radical (unpaired) electrons. The Morgan fingerprint density at radius 2 is 1.75 bits per heavy atom. The van der Waals surface area contributed by atoms with E-state index < -0.39 is 0 Å². The van der Waals surface area contributed by atoms with Crippen molar-refractivity contribution < 1.29 is 9.53 Å². The zero-order valence-corrected chi connectivity index (χ0v) is 16.2. The molecule has 3 aromatic rings. The molecule has 1 aliphatic heterocycles. The molecule has 1 heterocycles. The van der Waals surface area contributed by atoms with Gasteiger partial charge in [0, 0.05) is 38.0 Å². The average molecular weight is 371 g/mol. The Morgan fingerprint density at radius 3 is 2.61 bits per heavy atom. The molecule has 0 fully saturated rings. The zero-order chi connectivity index (χ0) is 19.1. The van der Waals surface area contributed by atoms with E-state index in [4.69, 9.17) is 4.74 Å². The molecule has 2 unspecified atom stereocenters. The van der Waals surface area contributed by atoms with Gasteiger partial charge in [0.05, 0.1) is 0 Å². The van der Waals surface area contributed by atoms with Crippen molar-refractivity contribution in [2.45, 2.75) is 44.9 Å². The third-order valence-electron chi connectivity index (χ3n) is 6.31. The van der Waals surface area contributed by atoms with Crippen molar-refractivity contribution in [2.75, 3.05) is 6.54 Å². The van der Waals surface area contributed by atoms with Gasteiger partial charge in [-0.1, -0.05) is 60.7 Å². The monoisotopic (exact) mass is 371 g/mol. The number of ether oxygens (including phenoxy) is 1. The van der Waals surface area contributed by atoms with Crippen LogP contribution in [0.4, 0.5) is 0 Å². The second-order valence-corrected chi connectivity index (χ2v) is 8.04. The summed E-state index contributed by atoms with van der Waals surface area (Å²) in [6, 6.07) is 22.0. The predicted octanol–water partition coefficient (Wildman–Crippen LogP) is 4.82. The quantitative estimate of drug-likeness (QED) is 0.605. The fourth-order valence-electron chi connectivity index (χ4n) is 5.02. The smallest absolute Gasteiger partial charge is 0.303 e. The summed E-state index contributed by atoms with van der Waals surface area (Å²) in [5, 5.41) is 2.43.